The van der Waals surface area contributed by atoms with Crippen LogP contribution in [0.1, 0.15) is 24.0 Å². The van der Waals surface area contributed by atoms with Crippen LogP contribution in [0.5, 0.6) is 5.75 Å². The van der Waals surface area contributed by atoms with Crippen molar-refractivity contribution in [3.05, 3.63) is 29.3 Å². The number of urea groups is 1. The molecule has 0 aliphatic carbocycles. The molecule has 1 heterocycles. The summed E-state index contributed by atoms with van der Waals surface area (Å²) in [7, 11) is 1.63. The molecule has 1 atom stereocenters. The molecule has 1 aromatic rings. The van der Waals surface area contributed by atoms with Crippen LogP contribution >= 0.6 is 0 Å². The van der Waals surface area contributed by atoms with Crippen LogP contribution in [0.2, 0.25) is 0 Å². The van der Waals surface area contributed by atoms with Crippen molar-refractivity contribution in [3.8, 4) is 5.75 Å². The van der Waals surface area contributed by atoms with E-state index in [-0.39, 0.29) is 6.03 Å². The van der Waals surface area contributed by atoms with E-state index in [1.165, 1.54) is 0 Å². The molecular formula is C15H22N2O3. The average Bonchev–Trinajstić information content (AvgIpc) is 2.45. The number of likely N-dealkylation sites (tertiary alicyclic amines) is 1. The van der Waals surface area contributed by atoms with Gasteiger partial charge in [-0.2, -0.15) is 0 Å². The lowest BCUT2D eigenvalue weighted by Crippen LogP contribution is -2.46. The topological polar surface area (TPSA) is 61.8 Å². The lowest BCUT2D eigenvalue weighted by atomic mass is 10.1. The maximum absolute atomic E-state index is 12.0. The van der Waals surface area contributed by atoms with Crippen molar-refractivity contribution in [2.75, 3.05) is 20.2 Å². The number of hydrogen-bond acceptors (Lipinski definition) is 3. The van der Waals surface area contributed by atoms with E-state index in [9.17, 15) is 9.90 Å². The van der Waals surface area contributed by atoms with Crippen molar-refractivity contribution in [1.29, 1.82) is 0 Å². The Morgan fingerprint density at radius 1 is 1.55 bits per heavy atom. The van der Waals surface area contributed by atoms with E-state index in [0.29, 0.717) is 19.6 Å². The van der Waals surface area contributed by atoms with Crippen LogP contribution < -0.4 is 10.1 Å². The van der Waals surface area contributed by atoms with Gasteiger partial charge in [0.2, 0.25) is 0 Å². The first-order valence-electron chi connectivity index (χ1n) is 6.94. The molecule has 1 fully saturated rings. The predicted molar refractivity (Wildman–Crippen MR) is 76.8 cm³/mol. The summed E-state index contributed by atoms with van der Waals surface area (Å²) >= 11 is 0. The highest BCUT2D eigenvalue weighted by Crippen LogP contribution is 2.19. The SMILES string of the molecule is COc1cc(C)ccc1CNC(=O)N1CCCC(O)C1. The molecule has 1 aliphatic rings. The van der Waals surface area contributed by atoms with E-state index in [0.717, 1.165) is 29.7 Å². The van der Waals surface area contributed by atoms with E-state index in [1.807, 2.05) is 25.1 Å². The fourth-order valence-electron chi connectivity index (χ4n) is 2.42. The Balaban J connectivity index is 1.93. The van der Waals surface area contributed by atoms with Gasteiger partial charge >= 0.3 is 6.03 Å². The summed E-state index contributed by atoms with van der Waals surface area (Å²) in [6, 6.07) is 5.77. The number of nitrogens with one attached hydrogen (secondary N) is 1. The standard InChI is InChI=1S/C15H22N2O3/c1-11-5-6-12(14(8-11)20-2)9-16-15(19)17-7-3-4-13(18)10-17/h5-6,8,13,18H,3-4,7,9-10H2,1-2H3,(H,16,19). The molecule has 0 radical (unpaired) electrons. The summed E-state index contributed by atoms with van der Waals surface area (Å²) in [6.45, 7) is 3.54. The van der Waals surface area contributed by atoms with Crippen LogP contribution in [0, 0.1) is 6.92 Å². The first-order chi connectivity index (χ1) is 9.60. The number of amides is 2. The summed E-state index contributed by atoms with van der Waals surface area (Å²) < 4.78 is 5.32. The van der Waals surface area contributed by atoms with E-state index in [1.54, 1.807) is 12.0 Å². The molecule has 0 saturated carbocycles. The average molecular weight is 278 g/mol. The number of aliphatic hydroxyl groups is 1. The molecule has 1 aliphatic heterocycles. The Labute approximate surface area is 119 Å². The number of carbonyl (C=O) groups excluding carboxylic acids is 1. The summed E-state index contributed by atoms with van der Waals surface area (Å²) in [5.74, 6) is 0.781. The van der Waals surface area contributed by atoms with E-state index >= 15 is 0 Å². The van der Waals surface area contributed by atoms with Gasteiger partial charge in [-0.05, 0) is 31.4 Å². The second kappa shape index (κ2) is 6.61. The number of aliphatic hydroxyl groups excluding tert-OH is 1. The normalized spacial score (nSPS) is 18.8. The minimum Gasteiger partial charge on any atom is -0.496 e. The zero-order valence-electron chi connectivity index (χ0n) is 12.1. The molecule has 5 nitrogen and oxygen atoms in total. The summed E-state index contributed by atoms with van der Waals surface area (Å²) in [5, 5.41) is 12.5. The smallest absolute Gasteiger partial charge is 0.317 e. The molecule has 5 heteroatoms. The minimum atomic E-state index is -0.400. The number of β-amino-alcohol motifs (C(OH)–C–C–N with tert-alkyl or cyclic N) is 1. The fourth-order valence-corrected chi connectivity index (χ4v) is 2.42. The summed E-state index contributed by atoms with van der Waals surface area (Å²) in [5.41, 5.74) is 2.07. The largest absolute Gasteiger partial charge is 0.496 e. The lowest BCUT2D eigenvalue weighted by molar-refractivity contribution is 0.0841. The van der Waals surface area contributed by atoms with Gasteiger partial charge in [0.15, 0.2) is 0 Å². The van der Waals surface area contributed by atoms with Gasteiger partial charge in [-0.25, -0.2) is 4.79 Å². The van der Waals surface area contributed by atoms with Gasteiger partial charge in [-0.3, -0.25) is 0 Å². The Morgan fingerprint density at radius 3 is 3.05 bits per heavy atom. The van der Waals surface area contributed by atoms with Crippen LogP contribution in [0.3, 0.4) is 0 Å². The molecule has 110 valence electrons. The first kappa shape index (κ1) is 14.7. The van der Waals surface area contributed by atoms with Gasteiger partial charge in [-0.1, -0.05) is 12.1 Å². The number of hydrogen-bond donors (Lipinski definition) is 2. The molecule has 1 saturated heterocycles. The summed E-state index contributed by atoms with van der Waals surface area (Å²) in [6.07, 6.45) is 1.22. The van der Waals surface area contributed by atoms with Gasteiger partial charge < -0.3 is 20.1 Å². The Morgan fingerprint density at radius 2 is 2.35 bits per heavy atom. The number of aryl methyl sites for hydroxylation is 1. The molecular weight excluding hydrogens is 256 g/mol. The van der Waals surface area contributed by atoms with Gasteiger partial charge in [0.25, 0.3) is 0 Å². The molecule has 0 bridgehead atoms. The van der Waals surface area contributed by atoms with Crippen molar-refractivity contribution >= 4 is 6.03 Å². The molecule has 2 N–H and O–H groups in total. The second-order valence-electron chi connectivity index (χ2n) is 5.22. The second-order valence-corrected chi connectivity index (χ2v) is 5.22. The van der Waals surface area contributed by atoms with Crippen molar-refractivity contribution < 1.29 is 14.6 Å². The zero-order chi connectivity index (χ0) is 14.5. The van der Waals surface area contributed by atoms with Gasteiger partial charge in [0, 0.05) is 25.2 Å². The summed E-state index contributed by atoms with van der Waals surface area (Å²) in [4.78, 5) is 13.7. The molecule has 0 aromatic heterocycles. The predicted octanol–water partition coefficient (Wildman–Crippen LogP) is 1.67. The van der Waals surface area contributed by atoms with Crippen molar-refractivity contribution in [1.82, 2.24) is 10.2 Å². The van der Waals surface area contributed by atoms with Crippen molar-refractivity contribution in [2.24, 2.45) is 0 Å². The molecule has 1 unspecified atom stereocenters. The number of nitrogens with zero attached hydrogens (tertiary/aromatic N) is 1. The van der Waals surface area contributed by atoms with E-state index in [2.05, 4.69) is 5.32 Å². The van der Waals surface area contributed by atoms with Gasteiger partial charge in [-0.15, -0.1) is 0 Å². The maximum atomic E-state index is 12.0. The highest BCUT2D eigenvalue weighted by Gasteiger charge is 2.21. The Kier molecular flexibility index (Phi) is 4.84. The van der Waals surface area contributed by atoms with Crippen molar-refractivity contribution in [2.45, 2.75) is 32.4 Å². The number of carbonyl (C=O) groups is 1. The third kappa shape index (κ3) is 3.63. The maximum Gasteiger partial charge on any atom is 0.317 e. The number of rotatable bonds is 3. The fraction of sp³-hybridized carbons (Fsp3) is 0.533. The first-order valence-corrected chi connectivity index (χ1v) is 6.94. The molecule has 2 rings (SSSR count). The Hall–Kier alpha value is -1.75. The molecule has 0 spiro atoms. The molecule has 2 amide bonds. The van der Waals surface area contributed by atoms with E-state index in [4.69, 9.17) is 4.74 Å². The van der Waals surface area contributed by atoms with Gasteiger partial charge in [0.1, 0.15) is 5.75 Å². The van der Waals surface area contributed by atoms with Crippen LogP contribution in [-0.4, -0.2) is 42.3 Å². The quantitative estimate of drug-likeness (QED) is 0.884. The number of piperidine rings is 1. The van der Waals surface area contributed by atoms with E-state index < -0.39 is 6.10 Å². The van der Waals surface area contributed by atoms with Crippen LogP contribution in [-0.2, 0) is 6.54 Å². The highest BCUT2D eigenvalue weighted by molar-refractivity contribution is 5.74. The number of benzene rings is 1. The molecule has 20 heavy (non-hydrogen) atoms. The van der Waals surface area contributed by atoms with Crippen molar-refractivity contribution in [3.63, 3.8) is 0 Å². The molecule has 1 aromatic carbocycles. The van der Waals surface area contributed by atoms with Gasteiger partial charge in [0.05, 0.1) is 13.2 Å². The third-order valence-corrected chi connectivity index (χ3v) is 3.56. The van der Waals surface area contributed by atoms with Crippen LogP contribution in [0.25, 0.3) is 0 Å². The van der Waals surface area contributed by atoms with Crippen LogP contribution in [0.4, 0.5) is 4.79 Å². The zero-order valence-corrected chi connectivity index (χ0v) is 12.1. The minimum absolute atomic E-state index is 0.133. The third-order valence-electron chi connectivity index (χ3n) is 3.56. The Bertz CT molecular complexity index is 476. The van der Waals surface area contributed by atoms with Crippen LogP contribution in [0.15, 0.2) is 18.2 Å². The monoisotopic (exact) mass is 278 g/mol. The highest BCUT2D eigenvalue weighted by atomic mass is 16.5. The lowest BCUT2D eigenvalue weighted by Gasteiger charge is -2.30. The number of methoxy groups -OCH3 is 1. The number of ether oxygens (including phenoxy) is 1.